The first kappa shape index (κ1) is 11.4. The number of likely N-dealkylation sites (N-methyl/N-ethyl adjacent to an activating group) is 1. The van der Waals surface area contributed by atoms with Gasteiger partial charge in [-0.3, -0.25) is 4.79 Å². The molecule has 1 saturated heterocycles. The van der Waals surface area contributed by atoms with Crippen LogP contribution in [0.25, 0.3) is 0 Å². The molecule has 5 heteroatoms. The third kappa shape index (κ3) is 1.94. The lowest BCUT2D eigenvalue weighted by atomic mass is 10.1. The molecule has 2 aliphatic rings. The highest BCUT2D eigenvalue weighted by molar-refractivity contribution is 5.85. The highest BCUT2D eigenvalue weighted by Gasteiger charge is 2.31. The summed E-state index contributed by atoms with van der Waals surface area (Å²) < 4.78 is 0. The molecule has 0 N–H and O–H groups in total. The van der Waals surface area contributed by atoms with Crippen LogP contribution in [0.5, 0.6) is 0 Å². The van der Waals surface area contributed by atoms with Crippen LogP contribution >= 0.6 is 0 Å². The average molecular weight is 246 g/mol. The van der Waals surface area contributed by atoms with E-state index < -0.39 is 0 Å². The number of aromatic nitrogens is 2. The molecular weight excluding hydrogens is 228 g/mol. The van der Waals surface area contributed by atoms with Crippen molar-refractivity contribution < 1.29 is 4.79 Å². The molecule has 0 aromatic carbocycles. The highest BCUT2D eigenvalue weighted by Crippen LogP contribution is 2.39. The Labute approximate surface area is 107 Å². The third-order valence-corrected chi connectivity index (χ3v) is 3.84. The summed E-state index contributed by atoms with van der Waals surface area (Å²) >= 11 is 0. The largest absolute Gasteiger partial charge is 0.343 e. The van der Waals surface area contributed by atoms with E-state index in [9.17, 15) is 4.79 Å². The molecule has 0 bridgehead atoms. The van der Waals surface area contributed by atoms with Crippen LogP contribution in [0.3, 0.4) is 0 Å². The van der Waals surface area contributed by atoms with Gasteiger partial charge >= 0.3 is 0 Å². The van der Waals surface area contributed by atoms with Crippen LogP contribution in [0.4, 0.5) is 5.82 Å². The third-order valence-electron chi connectivity index (χ3n) is 3.84. The molecule has 1 unspecified atom stereocenters. The Hall–Kier alpha value is -1.65. The zero-order valence-corrected chi connectivity index (χ0v) is 10.8. The molecule has 5 nitrogen and oxygen atoms in total. The summed E-state index contributed by atoms with van der Waals surface area (Å²) in [5.74, 6) is 1.67. The minimum Gasteiger partial charge on any atom is -0.343 e. The van der Waals surface area contributed by atoms with Gasteiger partial charge in [0.05, 0.1) is 0 Å². The molecule has 0 radical (unpaired) electrons. The zero-order chi connectivity index (χ0) is 12.7. The van der Waals surface area contributed by atoms with Gasteiger partial charge in [0.2, 0.25) is 5.91 Å². The van der Waals surface area contributed by atoms with E-state index in [1.807, 2.05) is 20.0 Å². The predicted octanol–water partition coefficient (Wildman–Crippen LogP) is 1.02. The Bertz CT molecular complexity index is 472. The van der Waals surface area contributed by atoms with Gasteiger partial charge < -0.3 is 9.80 Å². The quantitative estimate of drug-likeness (QED) is 0.782. The van der Waals surface area contributed by atoms with Gasteiger partial charge in [0, 0.05) is 37.8 Å². The Morgan fingerprint density at radius 1 is 1.28 bits per heavy atom. The van der Waals surface area contributed by atoms with E-state index in [4.69, 9.17) is 0 Å². The van der Waals surface area contributed by atoms with Crippen molar-refractivity contribution >= 4 is 11.7 Å². The van der Waals surface area contributed by atoms with Crippen molar-refractivity contribution in [1.82, 2.24) is 14.9 Å². The number of nitrogens with zero attached hydrogens (tertiary/aromatic N) is 4. The maximum absolute atomic E-state index is 12.0. The second-order valence-electron chi connectivity index (χ2n) is 5.20. The molecule has 3 rings (SSSR count). The van der Waals surface area contributed by atoms with Crippen molar-refractivity contribution in [3.05, 3.63) is 18.1 Å². The van der Waals surface area contributed by atoms with Crippen LogP contribution in [-0.4, -0.2) is 47.0 Å². The fourth-order valence-corrected chi connectivity index (χ4v) is 2.45. The first-order chi connectivity index (χ1) is 8.66. The highest BCUT2D eigenvalue weighted by atomic mass is 16.2. The second kappa shape index (κ2) is 4.23. The molecule has 0 spiro atoms. The molecule has 96 valence electrons. The number of hydrogen-bond donors (Lipinski definition) is 0. The molecule has 1 aromatic heterocycles. The number of amides is 1. The molecule has 1 saturated carbocycles. The summed E-state index contributed by atoms with van der Waals surface area (Å²) in [4.78, 5) is 24.5. The number of hydrogen-bond acceptors (Lipinski definition) is 4. The van der Waals surface area contributed by atoms with E-state index in [0.717, 1.165) is 24.6 Å². The van der Waals surface area contributed by atoms with Gasteiger partial charge in [0.1, 0.15) is 18.2 Å². The van der Waals surface area contributed by atoms with Crippen LogP contribution in [0.15, 0.2) is 12.4 Å². The molecule has 1 aliphatic heterocycles. The second-order valence-corrected chi connectivity index (χ2v) is 5.20. The van der Waals surface area contributed by atoms with E-state index in [0.29, 0.717) is 5.92 Å². The first-order valence-corrected chi connectivity index (χ1v) is 6.50. The van der Waals surface area contributed by atoms with Crippen molar-refractivity contribution in [2.24, 2.45) is 0 Å². The fourth-order valence-electron chi connectivity index (χ4n) is 2.45. The average Bonchev–Trinajstić information content (AvgIpc) is 3.21. The summed E-state index contributed by atoms with van der Waals surface area (Å²) in [5.41, 5.74) is 1.12. The monoisotopic (exact) mass is 246 g/mol. The Kier molecular flexibility index (Phi) is 2.69. The van der Waals surface area contributed by atoms with Gasteiger partial charge in [-0.1, -0.05) is 0 Å². The van der Waals surface area contributed by atoms with Gasteiger partial charge in [0.25, 0.3) is 0 Å². The van der Waals surface area contributed by atoms with Gasteiger partial charge in [-0.2, -0.15) is 0 Å². The Morgan fingerprint density at radius 2 is 2.06 bits per heavy atom. The number of carbonyl (C=O) groups excluding carboxylic acids is 1. The first-order valence-electron chi connectivity index (χ1n) is 6.50. The van der Waals surface area contributed by atoms with E-state index in [1.54, 1.807) is 11.2 Å². The minimum atomic E-state index is -0.134. The van der Waals surface area contributed by atoms with Crippen molar-refractivity contribution in [1.29, 1.82) is 0 Å². The predicted molar refractivity (Wildman–Crippen MR) is 68.5 cm³/mol. The van der Waals surface area contributed by atoms with Crippen LogP contribution in [0.1, 0.15) is 31.4 Å². The van der Waals surface area contributed by atoms with Gasteiger partial charge in [0.15, 0.2) is 0 Å². The van der Waals surface area contributed by atoms with Crippen LogP contribution in [0.2, 0.25) is 0 Å². The smallest absolute Gasteiger partial charge is 0.244 e. The summed E-state index contributed by atoms with van der Waals surface area (Å²) in [5, 5.41) is 0. The van der Waals surface area contributed by atoms with Crippen molar-refractivity contribution in [2.75, 3.05) is 25.0 Å². The number of anilines is 1. The zero-order valence-electron chi connectivity index (χ0n) is 10.8. The standard InChI is InChI=1S/C13H18N4O/c1-9-13(18)16(2)5-6-17(9)12-7-11(10-3-4-10)14-8-15-12/h7-10H,3-6H2,1-2H3. The van der Waals surface area contributed by atoms with Gasteiger partial charge in [-0.25, -0.2) is 9.97 Å². The lowest BCUT2D eigenvalue weighted by molar-refractivity contribution is -0.132. The Balaban J connectivity index is 1.85. The minimum absolute atomic E-state index is 0.134. The van der Waals surface area contributed by atoms with E-state index >= 15 is 0 Å². The normalized spacial score (nSPS) is 24.6. The summed E-state index contributed by atoms with van der Waals surface area (Å²) in [7, 11) is 1.85. The van der Waals surface area contributed by atoms with Crippen molar-refractivity contribution in [2.45, 2.75) is 31.7 Å². The van der Waals surface area contributed by atoms with Crippen molar-refractivity contribution in [3.8, 4) is 0 Å². The van der Waals surface area contributed by atoms with Gasteiger partial charge in [-0.15, -0.1) is 0 Å². The summed E-state index contributed by atoms with van der Waals surface area (Å²) in [6.45, 7) is 3.54. The molecule has 1 atom stereocenters. The SMILES string of the molecule is CC1C(=O)N(C)CCN1c1cc(C2CC2)ncn1. The maximum Gasteiger partial charge on any atom is 0.244 e. The summed E-state index contributed by atoms with van der Waals surface area (Å²) in [6.07, 6.45) is 4.08. The molecule has 1 amide bonds. The number of carbonyl (C=O) groups is 1. The van der Waals surface area contributed by atoms with Crippen LogP contribution < -0.4 is 4.90 Å². The Morgan fingerprint density at radius 3 is 2.78 bits per heavy atom. The van der Waals surface area contributed by atoms with Crippen LogP contribution in [-0.2, 0) is 4.79 Å². The molecule has 18 heavy (non-hydrogen) atoms. The van der Waals surface area contributed by atoms with Crippen molar-refractivity contribution in [3.63, 3.8) is 0 Å². The van der Waals surface area contributed by atoms with E-state index in [1.165, 1.54) is 12.8 Å². The number of rotatable bonds is 2. The lowest BCUT2D eigenvalue weighted by Gasteiger charge is -2.38. The molecule has 1 aliphatic carbocycles. The maximum atomic E-state index is 12.0. The lowest BCUT2D eigenvalue weighted by Crippen LogP contribution is -2.54. The summed E-state index contributed by atoms with van der Waals surface area (Å²) in [6, 6.07) is 1.91. The molecule has 1 aromatic rings. The van der Waals surface area contributed by atoms with E-state index in [2.05, 4.69) is 14.9 Å². The molecular formula is C13H18N4O. The van der Waals surface area contributed by atoms with Crippen LogP contribution in [0, 0.1) is 0 Å². The van der Waals surface area contributed by atoms with Gasteiger partial charge in [-0.05, 0) is 19.8 Å². The molecule has 2 fully saturated rings. The number of piperazine rings is 1. The topological polar surface area (TPSA) is 49.3 Å². The van der Waals surface area contributed by atoms with E-state index in [-0.39, 0.29) is 11.9 Å². The fraction of sp³-hybridized carbons (Fsp3) is 0.615. The molecule has 2 heterocycles.